The molecule has 6 nitrogen and oxygen atoms in total. The van der Waals surface area contributed by atoms with Crippen LogP contribution in [-0.4, -0.2) is 32.2 Å². The van der Waals surface area contributed by atoms with Crippen LogP contribution in [0.5, 0.6) is 0 Å². The molecule has 0 saturated carbocycles. The van der Waals surface area contributed by atoms with Crippen LogP contribution in [0.3, 0.4) is 0 Å². The third-order valence-corrected chi connectivity index (χ3v) is 1.52. The van der Waals surface area contributed by atoms with Gasteiger partial charge in [-0.25, -0.2) is 9.59 Å². The first kappa shape index (κ1) is 9.27. The second kappa shape index (κ2) is 3.28. The summed E-state index contributed by atoms with van der Waals surface area (Å²) in [5.74, 6) is -2.53. The van der Waals surface area contributed by atoms with Crippen LogP contribution in [0.25, 0.3) is 0 Å². The van der Waals surface area contributed by atoms with E-state index in [4.69, 9.17) is 15.3 Å². The molecule has 0 aromatic carbocycles. The molecule has 1 rings (SSSR count). The van der Waals surface area contributed by atoms with Gasteiger partial charge in [0.1, 0.15) is 5.69 Å². The third kappa shape index (κ3) is 1.67. The molecule has 0 radical (unpaired) electrons. The standard InChI is InChI=1S/C7H7NO5/c9-2-5-3(6(10)11)1-4(8-5)7(12)13/h1,8-9H,2H2,(H,10,11)(H,12,13). The highest BCUT2D eigenvalue weighted by Gasteiger charge is 2.16. The number of aromatic nitrogens is 1. The summed E-state index contributed by atoms with van der Waals surface area (Å²) >= 11 is 0. The molecule has 0 bridgehead atoms. The second-order valence-corrected chi connectivity index (χ2v) is 2.34. The minimum absolute atomic E-state index is 0.00935. The molecule has 0 aliphatic carbocycles. The van der Waals surface area contributed by atoms with Crippen molar-refractivity contribution in [2.75, 3.05) is 0 Å². The number of aromatic carboxylic acids is 2. The lowest BCUT2D eigenvalue weighted by molar-refractivity contribution is 0.0685. The average molecular weight is 185 g/mol. The summed E-state index contributed by atoms with van der Waals surface area (Å²) < 4.78 is 0. The van der Waals surface area contributed by atoms with Crippen LogP contribution >= 0.6 is 0 Å². The van der Waals surface area contributed by atoms with Crippen molar-refractivity contribution in [1.82, 2.24) is 4.98 Å². The van der Waals surface area contributed by atoms with Crippen molar-refractivity contribution in [3.05, 3.63) is 23.0 Å². The Kier molecular flexibility index (Phi) is 2.34. The summed E-state index contributed by atoms with van der Waals surface area (Å²) in [7, 11) is 0. The fourth-order valence-electron chi connectivity index (χ4n) is 0.928. The highest BCUT2D eigenvalue weighted by Crippen LogP contribution is 2.11. The van der Waals surface area contributed by atoms with Crippen LogP contribution in [-0.2, 0) is 6.61 Å². The molecule has 1 aromatic heterocycles. The van der Waals surface area contributed by atoms with E-state index >= 15 is 0 Å². The quantitative estimate of drug-likeness (QED) is 0.525. The van der Waals surface area contributed by atoms with Gasteiger partial charge < -0.3 is 20.3 Å². The molecule has 1 heterocycles. The van der Waals surface area contributed by atoms with Crippen molar-refractivity contribution >= 4 is 11.9 Å². The van der Waals surface area contributed by atoms with E-state index in [2.05, 4.69) is 4.98 Å². The number of aromatic amines is 1. The molecular formula is C7H7NO5. The smallest absolute Gasteiger partial charge is 0.352 e. The largest absolute Gasteiger partial charge is 0.478 e. The molecule has 70 valence electrons. The van der Waals surface area contributed by atoms with Crippen molar-refractivity contribution in [2.45, 2.75) is 6.61 Å². The summed E-state index contributed by atoms with van der Waals surface area (Å²) in [4.78, 5) is 23.2. The van der Waals surface area contributed by atoms with Gasteiger partial charge in [0.05, 0.1) is 17.9 Å². The van der Waals surface area contributed by atoms with Gasteiger partial charge in [-0.3, -0.25) is 0 Å². The minimum Gasteiger partial charge on any atom is -0.478 e. The van der Waals surface area contributed by atoms with Crippen LogP contribution in [0.4, 0.5) is 0 Å². The van der Waals surface area contributed by atoms with Gasteiger partial charge in [-0.05, 0) is 6.07 Å². The maximum atomic E-state index is 10.5. The maximum absolute atomic E-state index is 10.5. The molecule has 0 amide bonds. The zero-order valence-corrected chi connectivity index (χ0v) is 6.44. The summed E-state index contributed by atoms with van der Waals surface area (Å²) in [6.07, 6.45) is 0. The SMILES string of the molecule is O=C(O)c1cc(C(=O)O)c(CO)[nH]1. The monoisotopic (exact) mass is 185 g/mol. The lowest BCUT2D eigenvalue weighted by Gasteiger charge is -1.92. The van der Waals surface area contributed by atoms with E-state index in [1.54, 1.807) is 0 Å². The van der Waals surface area contributed by atoms with Crippen molar-refractivity contribution in [1.29, 1.82) is 0 Å². The lowest BCUT2D eigenvalue weighted by atomic mass is 10.2. The Labute approximate surface area is 72.4 Å². The minimum atomic E-state index is -1.27. The Balaban J connectivity index is 3.19. The molecule has 0 spiro atoms. The predicted molar refractivity (Wildman–Crippen MR) is 40.6 cm³/mol. The van der Waals surface area contributed by atoms with Crippen LogP contribution in [0, 0.1) is 0 Å². The van der Waals surface area contributed by atoms with Crippen LogP contribution in [0.15, 0.2) is 6.07 Å². The highest BCUT2D eigenvalue weighted by atomic mass is 16.4. The molecule has 1 aromatic rings. The van der Waals surface area contributed by atoms with Gasteiger partial charge in [-0.1, -0.05) is 0 Å². The first-order valence-electron chi connectivity index (χ1n) is 3.35. The van der Waals surface area contributed by atoms with E-state index < -0.39 is 18.5 Å². The van der Waals surface area contributed by atoms with E-state index in [-0.39, 0.29) is 17.0 Å². The van der Waals surface area contributed by atoms with Gasteiger partial charge in [0.25, 0.3) is 0 Å². The Bertz CT molecular complexity index is 354. The normalized spacial score (nSPS) is 9.92. The number of carboxylic acid groups (broad SMARTS) is 2. The molecular weight excluding hydrogens is 178 g/mol. The fourth-order valence-corrected chi connectivity index (χ4v) is 0.928. The number of carboxylic acids is 2. The van der Waals surface area contributed by atoms with Crippen LogP contribution in [0.1, 0.15) is 26.5 Å². The molecule has 0 aliphatic rings. The number of carbonyl (C=O) groups is 2. The predicted octanol–water partition coefficient (Wildman–Crippen LogP) is -0.0966. The number of nitrogens with one attached hydrogen (secondary N) is 1. The fraction of sp³-hybridized carbons (Fsp3) is 0.143. The summed E-state index contributed by atoms with van der Waals surface area (Å²) in [5, 5.41) is 25.7. The van der Waals surface area contributed by atoms with Crippen molar-refractivity contribution in [3.8, 4) is 0 Å². The van der Waals surface area contributed by atoms with Crippen molar-refractivity contribution in [3.63, 3.8) is 0 Å². The summed E-state index contributed by atoms with van der Waals surface area (Å²) in [6.45, 7) is -0.533. The Morgan fingerprint density at radius 1 is 1.31 bits per heavy atom. The Hall–Kier alpha value is -1.82. The van der Waals surface area contributed by atoms with E-state index in [0.29, 0.717) is 0 Å². The Morgan fingerprint density at radius 2 is 1.92 bits per heavy atom. The molecule has 4 N–H and O–H groups in total. The lowest BCUT2D eigenvalue weighted by Crippen LogP contribution is -1.99. The number of aliphatic hydroxyl groups excluding tert-OH is 1. The topological polar surface area (TPSA) is 111 Å². The number of hydrogen-bond donors (Lipinski definition) is 4. The van der Waals surface area contributed by atoms with Gasteiger partial charge in [0, 0.05) is 0 Å². The summed E-state index contributed by atoms with van der Waals surface area (Å²) in [5.41, 5.74) is -0.480. The van der Waals surface area contributed by atoms with Crippen molar-refractivity contribution in [2.24, 2.45) is 0 Å². The van der Waals surface area contributed by atoms with Gasteiger partial charge in [0.2, 0.25) is 0 Å². The maximum Gasteiger partial charge on any atom is 0.352 e. The van der Waals surface area contributed by atoms with E-state index in [9.17, 15) is 9.59 Å². The van der Waals surface area contributed by atoms with Crippen LogP contribution < -0.4 is 0 Å². The zero-order chi connectivity index (χ0) is 10.0. The van der Waals surface area contributed by atoms with Gasteiger partial charge in [-0.2, -0.15) is 0 Å². The van der Waals surface area contributed by atoms with Gasteiger partial charge in [0.15, 0.2) is 0 Å². The Morgan fingerprint density at radius 3 is 2.23 bits per heavy atom. The molecule has 0 atom stereocenters. The van der Waals surface area contributed by atoms with Gasteiger partial charge >= 0.3 is 11.9 Å². The van der Waals surface area contributed by atoms with E-state index in [0.717, 1.165) is 6.07 Å². The second-order valence-electron chi connectivity index (χ2n) is 2.34. The van der Waals surface area contributed by atoms with E-state index in [1.807, 2.05) is 0 Å². The number of hydrogen-bond acceptors (Lipinski definition) is 3. The molecule has 0 saturated heterocycles. The van der Waals surface area contributed by atoms with E-state index in [1.165, 1.54) is 0 Å². The number of H-pyrrole nitrogens is 1. The van der Waals surface area contributed by atoms with Crippen molar-refractivity contribution < 1.29 is 24.9 Å². The molecule has 0 unspecified atom stereocenters. The molecule has 0 fully saturated rings. The van der Waals surface area contributed by atoms with Gasteiger partial charge in [-0.15, -0.1) is 0 Å². The first-order chi connectivity index (χ1) is 6.06. The molecule has 6 heteroatoms. The number of aliphatic hydroxyl groups is 1. The molecule has 0 aliphatic heterocycles. The number of rotatable bonds is 3. The third-order valence-electron chi connectivity index (χ3n) is 1.52. The summed E-state index contributed by atoms with van der Waals surface area (Å²) in [6, 6.07) is 0.968. The van der Waals surface area contributed by atoms with Crippen LogP contribution in [0.2, 0.25) is 0 Å². The first-order valence-corrected chi connectivity index (χ1v) is 3.35. The zero-order valence-electron chi connectivity index (χ0n) is 6.44. The highest BCUT2D eigenvalue weighted by molar-refractivity contribution is 5.94. The molecule has 13 heavy (non-hydrogen) atoms. The average Bonchev–Trinajstić information content (AvgIpc) is 2.47.